The third kappa shape index (κ3) is 0.862. The molecule has 1 aromatic rings. The van der Waals surface area contributed by atoms with E-state index in [1.54, 1.807) is 6.20 Å². The number of anilines is 1. The monoisotopic (exact) mass is 159 g/mol. The van der Waals surface area contributed by atoms with Crippen LogP contribution in [0.1, 0.15) is 11.4 Å². The molecule has 2 rings (SSSR count). The molecule has 0 aliphatic carbocycles. The van der Waals surface area contributed by atoms with Crippen LogP contribution in [0.4, 0.5) is 5.82 Å². The second kappa shape index (κ2) is 2.23. The number of carbonyl (C=O) groups excluding carboxylic acids is 1. The number of hydrogen-bond donors (Lipinski definition) is 1. The van der Waals surface area contributed by atoms with Gasteiger partial charge in [0.25, 0.3) is 0 Å². The second-order valence-corrected chi connectivity index (χ2v) is 2.64. The zero-order valence-corrected chi connectivity index (χ0v) is 6.59. The van der Waals surface area contributed by atoms with E-state index >= 15 is 0 Å². The van der Waals surface area contributed by atoms with Crippen LogP contribution < -0.4 is 5.32 Å². The number of amides is 1. The summed E-state index contributed by atoms with van der Waals surface area (Å²) in [5.41, 5.74) is 1.74. The van der Waals surface area contributed by atoms with Crippen LogP contribution in [0.15, 0.2) is 6.20 Å². The van der Waals surface area contributed by atoms with Crippen molar-refractivity contribution in [1.29, 1.82) is 0 Å². The molecule has 1 aliphatic rings. The molecular formula is C7H6BN3O. The van der Waals surface area contributed by atoms with Crippen molar-refractivity contribution in [3.63, 3.8) is 0 Å². The Hall–Kier alpha value is -1.52. The molecule has 0 fully saturated rings. The van der Waals surface area contributed by atoms with Crippen molar-refractivity contribution in [2.24, 2.45) is 0 Å². The van der Waals surface area contributed by atoms with Gasteiger partial charge in [0, 0.05) is 0 Å². The summed E-state index contributed by atoms with van der Waals surface area (Å²) in [4.78, 5) is 19.2. The molecule has 12 heavy (non-hydrogen) atoms. The zero-order valence-electron chi connectivity index (χ0n) is 6.59. The minimum atomic E-state index is -0.212. The van der Waals surface area contributed by atoms with E-state index in [9.17, 15) is 4.79 Å². The number of aryl methyl sites for hydroxylation is 1. The number of nitrogens with zero attached hydrogens (tertiary/aromatic N) is 2. The molecule has 5 heteroatoms. The topological polar surface area (TPSA) is 54.9 Å². The molecule has 1 amide bonds. The van der Waals surface area contributed by atoms with Crippen LogP contribution in [0.25, 0.3) is 0 Å². The van der Waals surface area contributed by atoms with Gasteiger partial charge in [0.15, 0.2) is 0 Å². The fourth-order valence-electron chi connectivity index (χ4n) is 1.07. The molecule has 0 spiro atoms. The molecule has 0 bridgehead atoms. The Morgan fingerprint density at radius 1 is 1.58 bits per heavy atom. The van der Waals surface area contributed by atoms with Crippen molar-refractivity contribution in [1.82, 2.24) is 9.97 Å². The summed E-state index contributed by atoms with van der Waals surface area (Å²) < 4.78 is 0. The third-order valence-corrected chi connectivity index (χ3v) is 1.68. The van der Waals surface area contributed by atoms with Crippen LogP contribution in [-0.2, 0) is 4.79 Å². The summed E-state index contributed by atoms with van der Waals surface area (Å²) in [6.07, 6.45) is 1.61. The summed E-state index contributed by atoms with van der Waals surface area (Å²) >= 11 is 0. The van der Waals surface area contributed by atoms with Gasteiger partial charge in [-0.25, -0.2) is 0 Å². The van der Waals surface area contributed by atoms with Crippen molar-refractivity contribution < 1.29 is 4.79 Å². The Labute approximate surface area is 70.1 Å². The summed E-state index contributed by atoms with van der Waals surface area (Å²) in [6, 6.07) is 0. The maximum atomic E-state index is 11.1. The standard InChI is InChI=1S/C7H6BN3O/c1-3-2-9-6-5(10-3)4(8)7(12)11-6/h2,8H,1H3,(H,9,11,12). The molecule has 1 N–H and O–H groups in total. The van der Waals surface area contributed by atoms with E-state index in [4.69, 9.17) is 0 Å². The number of aromatic nitrogens is 2. The van der Waals surface area contributed by atoms with E-state index in [1.807, 2.05) is 6.92 Å². The molecule has 1 aromatic heterocycles. The van der Waals surface area contributed by atoms with Crippen LogP contribution >= 0.6 is 0 Å². The Morgan fingerprint density at radius 3 is 3.08 bits per heavy atom. The molecule has 4 nitrogen and oxygen atoms in total. The van der Waals surface area contributed by atoms with Crippen LogP contribution in [0, 0.1) is 6.92 Å². The van der Waals surface area contributed by atoms with E-state index in [-0.39, 0.29) is 5.91 Å². The van der Waals surface area contributed by atoms with E-state index < -0.39 is 0 Å². The van der Waals surface area contributed by atoms with Gasteiger partial charge in [-0.05, 0) is 0 Å². The Kier molecular flexibility index (Phi) is 1.33. The first kappa shape index (κ1) is 7.15. The van der Waals surface area contributed by atoms with Crippen molar-refractivity contribution in [3.8, 4) is 0 Å². The Balaban J connectivity index is 2.63. The van der Waals surface area contributed by atoms with Gasteiger partial charge in [-0.3, -0.25) is 0 Å². The van der Waals surface area contributed by atoms with Gasteiger partial charge in [-0.1, -0.05) is 0 Å². The van der Waals surface area contributed by atoms with Crippen molar-refractivity contribution in [3.05, 3.63) is 17.6 Å². The molecule has 0 radical (unpaired) electrons. The number of rotatable bonds is 0. The maximum absolute atomic E-state index is 11.1. The number of carbonyl (C=O) groups is 1. The molecule has 0 saturated heterocycles. The third-order valence-electron chi connectivity index (χ3n) is 1.68. The van der Waals surface area contributed by atoms with Crippen molar-refractivity contribution in [2.75, 3.05) is 5.32 Å². The average molecular weight is 159 g/mol. The molecule has 0 aromatic carbocycles. The van der Waals surface area contributed by atoms with Crippen LogP contribution in [-0.4, -0.2) is 28.8 Å². The Morgan fingerprint density at radius 2 is 2.33 bits per heavy atom. The van der Waals surface area contributed by atoms with E-state index in [2.05, 4.69) is 22.8 Å². The Bertz CT molecular complexity index is 388. The predicted molar refractivity (Wildman–Crippen MR) is 46.7 cm³/mol. The first-order chi connectivity index (χ1) is 5.68. The number of fused-ring (bicyclic) bond motifs is 1. The summed E-state index contributed by atoms with van der Waals surface area (Å²) in [5, 5.41) is 2.56. The molecule has 1 aliphatic heterocycles. The summed E-state index contributed by atoms with van der Waals surface area (Å²) in [5.74, 6) is 0.297. The van der Waals surface area contributed by atoms with E-state index in [0.29, 0.717) is 17.0 Å². The fourth-order valence-corrected chi connectivity index (χ4v) is 1.07. The van der Waals surface area contributed by atoms with Gasteiger partial charge in [0.05, 0.1) is 0 Å². The van der Waals surface area contributed by atoms with Crippen molar-refractivity contribution in [2.45, 2.75) is 6.92 Å². The molecular weight excluding hydrogens is 153 g/mol. The zero-order chi connectivity index (χ0) is 8.72. The fraction of sp³-hybridized carbons (Fsp3) is 0.143. The quantitative estimate of drug-likeness (QED) is 0.502. The SMILES string of the molecule is B=C1C(=O)Nc2ncc(C)nc21. The first-order valence-corrected chi connectivity index (χ1v) is 3.53. The van der Waals surface area contributed by atoms with E-state index in [0.717, 1.165) is 5.69 Å². The molecule has 58 valence electrons. The predicted octanol–water partition coefficient (Wildman–Crippen LogP) is -0.842. The normalized spacial score (nSPS) is 14.3. The van der Waals surface area contributed by atoms with Crippen LogP contribution in [0.2, 0.25) is 0 Å². The van der Waals surface area contributed by atoms with Crippen LogP contribution in [0.5, 0.6) is 0 Å². The van der Waals surface area contributed by atoms with Gasteiger partial charge in [0.1, 0.15) is 0 Å². The molecule has 0 unspecified atom stereocenters. The first-order valence-electron chi connectivity index (χ1n) is 3.53. The summed E-state index contributed by atoms with van der Waals surface area (Å²) in [6.45, 7) is 1.82. The van der Waals surface area contributed by atoms with Gasteiger partial charge in [0.2, 0.25) is 0 Å². The van der Waals surface area contributed by atoms with E-state index in [1.165, 1.54) is 0 Å². The second-order valence-electron chi connectivity index (χ2n) is 2.64. The van der Waals surface area contributed by atoms with Gasteiger partial charge < -0.3 is 0 Å². The molecule has 2 heterocycles. The number of hydrogen-bond acceptors (Lipinski definition) is 3. The minimum absolute atomic E-state index is 0.212. The van der Waals surface area contributed by atoms with Gasteiger partial charge >= 0.3 is 69.3 Å². The number of nitrogens with one attached hydrogen (secondary N) is 1. The van der Waals surface area contributed by atoms with Gasteiger partial charge in [-0.2, -0.15) is 0 Å². The molecule has 0 atom stereocenters. The molecule has 0 saturated carbocycles. The van der Waals surface area contributed by atoms with Gasteiger partial charge in [-0.15, -0.1) is 0 Å². The average Bonchev–Trinajstić information content (AvgIpc) is 2.31. The summed E-state index contributed by atoms with van der Waals surface area (Å²) in [7, 11) is 3.60. The van der Waals surface area contributed by atoms with Crippen molar-refractivity contribution >= 4 is 24.7 Å². The van der Waals surface area contributed by atoms with Crippen LogP contribution in [0.3, 0.4) is 0 Å².